The van der Waals surface area contributed by atoms with Gasteiger partial charge in [-0.15, -0.1) is 5.10 Å². The van der Waals surface area contributed by atoms with Crippen LogP contribution >= 0.6 is 0 Å². The molecule has 5 heteroatoms. The van der Waals surface area contributed by atoms with E-state index in [2.05, 4.69) is 39.4 Å². The highest BCUT2D eigenvalue weighted by Crippen LogP contribution is 2.26. The van der Waals surface area contributed by atoms with Crippen molar-refractivity contribution in [3.63, 3.8) is 0 Å². The highest BCUT2D eigenvalue weighted by atomic mass is 15.6. The predicted molar refractivity (Wildman–Crippen MR) is 75.7 cm³/mol. The summed E-state index contributed by atoms with van der Waals surface area (Å²) in [7, 11) is 0. The maximum Gasteiger partial charge on any atom is 0.165 e. The van der Waals surface area contributed by atoms with Crippen LogP contribution in [0.4, 0.5) is 0 Å². The van der Waals surface area contributed by atoms with Gasteiger partial charge in [-0.2, -0.15) is 0 Å². The minimum absolute atomic E-state index is 0.506. The molecule has 0 amide bonds. The van der Waals surface area contributed by atoms with E-state index in [1.165, 1.54) is 44.9 Å². The minimum Gasteiger partial charge on any atom is -0.310 e. The van der Waals surface area contributed by atoms with E-state index in [0.29, 0.717) is 12.0 Å². The maximum atomic E-state index is 4.23. The lowest BCUT2D eigenvalue weighted by molar-refractivity contribution is 0.331. The van der Waals surface area contributed by atoms with Crippen LogP contribution in [0.15, 0.2) is 0 Å². The third-order valence-electron chi connectivity index (χ3n) is 3.82. The first-order chi connectivity index (χ1) is 9.27. The van der Waals surface area contributed by atoms with Crippen LogP contribution in [0.1, 0.15) is 70.7 Å². The van der Waals surface area contributed by atoms with Gasteiger partial charge in [0.05, 0.1) is 12.6 Å². The number of tetrazole rings is 1. The molecule has 19 heavy (non-hydrogen) atoms. The second kappa shape index (κ2) is 7.58. The minimum atomic E-state index is 0.506. The molecule has 0 unspecified atom stereocenters. The van der Waals surface area contributed by atoms with E-state index < -0.39 is 0 Å². The van der Waals surface area contributed by atoms with E-state index in [-0.39, 0.29) is 0 Å². The summed E-state index contributed by atoms with van der Waals surface area (Å²) in [4.78, 5) is 0. The molecule has 0 spiro atoms. The fraction of sp³-hybridized carbons (Fsp3) is 0.929. The number of nitrogens with one attached hydrogen (secondary N) is 1. The number of hydrogen-bond donors (Lipinski definition) is 1. The lowest BCUT2D eigenvalue weighted by Gasteiger charge is -2.20. The summed E-state index contributed by atoms with van der Waals surface area (Å²) in [6, 6.07) is 0.506. The zero-order chi connectivity index (χ0) is 13.5. The maximum absolute atomic E-state index is 4.23. The van der Waals surface area contributed by atoms with Crippen LogP contribution < -0.4 is 5.32 Å². The van der Waals surface area contributed by atoms with Gasteiger partial charge < -0.3 is 5.32 Å². The van der Waals surface area contributed by atoms with Crippen molar-refractivity contribution in [1.29, 1.82) is 0 Å². The summed E-state index contributed by atoms with van der Waals surface area (Å²) in [5.41, 5.74) is 0. The van der Waals surface area contributed by atoms with E-state index in [9.17, 15) is 0 Å². The molecule has 1 heterocycles. The number of aromatic nitrogens is 4. The van der Waals surface area contributed by atoms with Crippen molar-refractivity contribution >= 4 is 0 Å². The Hall–Kier alpha value is -0.970. The van der Waals surface area contributed by atoms with Crippen molar-refractivity contribution in [2.45, 2.75) is 71.4 Å². The summed E-state index contributed by atoms with van der Waals surface area (Å²) in [5, 5.41) is 15.7. The lowest BCUT2D eigenvalue weighted by Crippen LogP contribution is -2.23. The number of hydrogen-bond acceptors (Lipinski definition) is 4. The number of rotatable bonds is 5. The van der Waals surface area contributed by atoms with Gasteiger partial charge in [0.25, 0.3) is 0 Å². The second-order valence-electron chi connectivity index (χ2n) is 6.06. The molecule has 1 fully saturated rings. The van der Waals surface area contributed by atoms with E-state index in [0.717, 1.165) is 18.9 Å². The third-order valence-corrected chi connectivity index (χ3v) is 3.82. The van der Waals surface area contributed by atoms with E-state index >= 15 is 0 Å². The molecule has 0 atom stereocenters. The summed E-state index contributed by atoms with van der Waals surface area (Å²) in [6.45, 7) is 6.22. The van der Waals surface area contributed by atoms with Crippen LogP contribution in [-0.4, -0.2) is 26.8 Å². The van der Waals surface area contributed by atoms with Crippen LogP contribution in [0.5, 0.6) is 0 Å². The quantitative estimate of drug-likeness (QED) is 0.889. The van der Waals surface area contributed by atoms with Gasteiger partial charge in [0, 0.05) is 0 Å². The molecule has 1 saturated carbocycles. The molecule has 0 bridgehead atoms. The molecule has 1 aliphatic carbocycles. The molecule has 108 valence electrons. The molecule has 5 nitrogen and oxygen atoms in total. The standard InChI is InChI=1S/C14H27N5/c1-12(2)10-15-11-14-16-17-18-19(14)13-8-6-4-3-5-7-9-13/h12-13,15H,3-11H2,1-2H3. The molecular weight excluding hydrogens is 238 g/mol. The van der Waals surface area contributed by atoms with Gasteiger partial charge in [-0.1, -0.05) is 46.0 Å². The molecule has 1 aliphatic rings. The largest absolute Gasteiger partial charge is 0.310 e. The smallest absolute Gasteiger partial charge is 0.165 e. The Balaban J connectivity index is 1.92. The van der Waals surface area contributed by atoms with Gasteiger partial charge in [-0.05, 0) is 35.7 Å². The van der Waals surface area contributed by atoms with Crippen molar-refractivity contribution < 1.29 is 0 Å². The molecule has 2 rings (SSSR count). The molecule has 1 aromatic rings. The Morgan fingerprint density at radius 1 is 1.16 bits per heavy atom. The van der Waals surface area contributed by atoms with Gasteiger partial charge in [-0.3, -0.25) is 0 Å². The lowest BCUT2D eigenvalue weighted by atomic mass is 9.97. The molecule has 1 N–H and O–H groups in total. The molecule has 0 radical (unpaired) electrons. The Bertz CT molecular complexity index is 352. The molecule has 0 aliphatic heterocycles. The fourth-order valence-electron chi connectivity index (χ4n) is 2.76. The van der Waals surface area contributed by atoms with Gasteiger partial charge >= 0.3 is 0 Å². The Labute approximate surface area is 116 Å². The van der Waals surface area contributed by atoms with E-state index in [4.69, 9.17) is 0 Å². The Morgan fingerprint density at radius 2 is 1.84 bits per heavy atom. The summed E-state index contributed by atoms with van der Waals surface area (Å²) >= 11 is 0. The zero-order valence-corrected chi connectivity index (χ0v) is 12.3. The van der Waals surface area contributed by atoms with Gasteiger partial charge in [-0.25, -0.2) is 4.68 Å². The predicted octanol–water partition coefficient (Wildman–Crippen LogP) is 2.70. The normalized spacial score (nSPS) is 18.5. The van der Waals surface area contributed by atoms with E-state index in [1.807, 2.05) is 0 Å². The highest BCUT2D eigenvalue weighted by Gasteiger charge is 2.18. The van der Waals surface area contributed by atoms with Crippen LogP contribution in [0, 0.1) is 5.92 Å². The monoisotopic (exact) mass is 265 g/mol. The van der Waals surface area contributed by atoms with Gasteiger partial charge in [0.15, 0.2) is 5.82 Å². The third kappa shape index (κ3) is 4.56. The van der Waals surface area contributed by atoms with Crippen LogP contribution in [0.25, 0.3) is 0 Å². The van der Waals surface area contributed by atoms with Crippen LogP contribution in [-0.2, 0) is 6.54 Å². The van der Waals surface area contributed by atoms with Crippen molar-refractivity contribution in [3.05, 3.63) is 5.82 Å². The average molecular weight is 265 g/mol. The molecule has 0 aromatic carbocycles. The summed E-state index contributed by atoms with van der Waals surface area (Å²) in [6.07, 6.45) is 9.18. The summed E-state index contributed by atoms with van der Waals surface area (Å²) in [5.74, 6) is 1.65. The van der Waals surface area contributed by atoms with Crippen molar-refractivity contribution in [2.24, 2.45) is 5.92 Å². The zero-order valence-electron chi connectivity index (χ0n) is 12.3. The van der Waals surface area contributed by atoms with Gasteiger partial charge in [0.1, 0.15) is 0 Å². The molecular formula is C14H27N5. The van der Waals surface area contributed by atoms with Crippen LogP contribution in [0.3, 0.4) is 0 Å². The first-order valence-corrected chi connectivity index (χ1v) is 7.75. The van der Waals surface area contributed by atoms with E-state index in [1.54, 1.807) is 0 Å². The Kier molecular flexibility index (Phi) is 5.76. The van der Waals surface area contributed by atoms with Crippen LogP contribution in [0.2, 0.25) is 0 Å². The second-order valence-corrected chi connectivity index (χ2v) is 6.06. The molecule has 0 saturated heterocycles. The Morgan fingerprint density at radius 3 is 2.53 bits per heavy atom. The van der Waals surface area contributed by atoms with Crippen molar-refractivity contribution in [2.75, 3.05) is 6.54 Å². The first kappa shape index (κ1) is 14.4. The van der Waals surface area contributed by atoms with Crippen molar-refractivity contribution in [1.82, 2.24) is 25.5 Å². The topological polar surface area (TPSA) is 55.6 Å². The number of nitrogens with zero attached hydrogens (tertiary/aromatic N) is 4. The first-order valence-electron chi connectivity index (χ1n) is 7.75. The van der Waals surface area contributed by atoms with Crippen molar-refractivity contribution in [3.8, 4) is 0 Å². The summed E-state index contributed by atoms with van der Waals surface area (Å²) < 4.78 is 2.07. The molecule has 1 aromatic heterocycles. The highest BCUT2D eigenvalue weighted by molar-refractivity contribution is 4.84. The average Bonchev–Trinajstić information content (AvgIpc) is 2.76. The SMILES string of the molecule is CC(C)CNCc1nnnn1C1CCCCCCC1. The van der Waals surface area contributed by atoms with Gasteiger partial charge in [0.2, 0.25) is 0 Å². The fourth-order valence-corrected chi connectivity index (χ4v) is 2.76.